The third-order valence-electron chi connectivity index (χ3n) is 2.08. The largest absolute Gasteiger partial charge is 0.377 e. The van der Waals surface area contributed by atoms with Gasteiger partial charge in [-0.15, -0.1) is 0 Å². The Morgan fingerprint density at radius 1 is 1.25 bits per heavy atom. The molecule has 0 radical (unpaired) electrons. The quantitative estimate of drug-likeness (QED) is 0.427. The number of aldehydes is 1. The van der Waals surface area contributed by atoms with Crippen LogP contribution in [0.5, 0.6) is 0 Å². The standard InChI is InChI=1S/C12H14Cl2O2/c13-12(14,10-15)7-4-8-16-9-11-5-2-1-3-6-11/h1-3,5-6,10H,4,7-9H2. The third kappa shape index (κ3) is 5.50. The lowest BCUT2D eigenvalue weighted by Gasteiger charge is -2.11. The molecule has 0 spiro atoms. The van der Waals surface area contributed by atoms with Gasteiger partial charge in [0.1, 0.15) is 0 Å². The fourth-order valence-electron chi connectivity index (χ4n) is 1.23. The summed E-state index contributed by atoms with van der Waals surface area (Å²) in [6.07, 6.45) is 1.63. The van der Waals surface area contributed by atoms with Crippen LogP contribution in [0.2, 0.25) is 0 Å². The zero-order valence-electron chi connectivity index (χ0n) is 8.86. The summed E-state index contributed by atoms with van der Waals surface area (Å²) in [4.78, 5) is 10.4. The van der Waals surface area contributed by atoms with Crippen LogP contribution < -0.4 is 0 Å². The Hall–Kier alpha value is -0.570. The minimum Gasteiger partial charge on any atom is -0.377 e. The molecule has 0 aromatic heterocycles. The van der Waals surface area contributed by atoms with E-state index >= 15 is 0 Å². The molecule has 0 saturated carbocycles. The van der Waals surface area contributed by atoms with Gasteiger partial charge in [0.05, 0.1) is 6.61 Å². The number of hydrogen-bond donors (Lipinski definition) is 0. The first kappa shape index (κ1) is 13.5. The summed E-state index contributed by atoms with van der Waals surface area (Å²) < 4.78 is 4.16. The number of ether oxygens (including phenoxy) is 1. The third-order valence-corrected chi connectivity index (χ3v) is 2.64. The highest BCUT2D eigenvalue weighted by molar-refractivity contribution is 6.55. The number of alkyl halides is 2. The van der Waals surface area contributed by atoms with Gasteiger partial charge in [-0.2, -0.15) is 0 Å². The van der Waals surface area contributed by atoms with Crippen molar-refractivity contribution >= 4 is 29.5 Å². The topological polar surface area (TPSA) is 26.3 Å². The molecule has 1 aromatic carbocycles. The summed E-state index contributed by atoms with van der Waals surface area (Å²) in [6, 6.07) is 9.89. The molecule has 4 heteroatoms. The summed E-state index contributed by atoms with van der Waals surface area (Å²) in [5.41, 5.74) is 1.13. The van der Waals surface area contributed by atoms with Crippen LogP contribution in [0.1, 0.15) is 18.4 Å². The summed E-state index contributed by atoms with van der Waals surface area (Å²) >= 11 is 11.3. The van der Waals surface area contributed by atoms with E-state index < -0.39 is 4.33 Å². The number of rotatable bonds is 7. The Balaban J connectivity index is 2.11. The fraction of sp³-hybridized carbons (Fsp3) is 0.417. The Morgan fingerprint density at radius 2 is 1.94 bits per heavy atom. The molecule has 0 unspecified atom stereocenters. The first-order chi connectivity index (χ1) is 7.64. The molecule has 0 aliphatic carbocycles. The van der Waals surface area contributed by atoms with Crippen molar-refractivity contribution in [1.29, 1.82) is 0 Å². The number of benzene rings is 1. The van der Waals surface area contributed by atoms with Crippen LogP contribution in [0, 0.1) is 0 Å². The molecule has 0 heterocycles. The van der Waals surface area contributed by atoms with Crippen molar-refractivity contribution in [3.63, 3.8) is 0 Å². The van der Waals surface area contributed by atoms with Gasteiger partial charge in [-0.25, -0.2) is 0 Å². The molecule has 1 rings (SSSR count). The number of halogens is 2. The molecule has 0 atom stereocenters. The van der Waals surface area contributed by atoms with Crippen molar-refractivity contribution in [1.82, 2.24) is 0 Å². The van der Waals surface area contributed by atoms with Crippen molar-refractivity contribution in [3.05, 3.63) is 35.9 Å². The first-order valence-corrected chi connectivity index (χ1v) is 5.85. The van der Waals surface area contributed by atoms with Gasteiger partial charge in [0.2, 0.25) is 0 Å². The van der Waals surface area contributed by atoms with Crippen molar-refractivity contribution in [2.75, 3.05) is 6.61 Å². The second-order valence-electron chi connectivity index (χ2n) is 3.52. The number of carbonyl (C=O) groups excluding carboxylic acids is 1. The van der Waals surface area contributed by atoms with E-state index in [1.807, 2.05) is 30.3 Å². The Labute approximate surface area is 106 Å². The second kappa shape index (κ2) is 6.89. The van der Waals surface area contributed by atoms with Gasteiger partial charge in [0.25, 0.3) is 0 Å². The smallest absolute Gasteiger partial charge is 0.173 e. The first-order valence-electron chi connectivity index (χ1n) is 5.10. The van der Waals surface area contributed by atoms with Crippen molar-refractivity contribution in [2.45, 2.75) is 23.8 Å². The summed E-state index contributed by atoms with van der Waals surface area (Å²) in [5.74, 6) is 0. The fourth-order valence-corrected chi connectivity index (χ4v) is 1.50. The van der Waals surface area contributed by atoms with Gasteiger partial charge in [-0.1, -0.05) is 53.5 Å². The zero-order chi connectivity index (χ0) is 11.9. The molecule has 16 heavy (non-hydrogen) atoms. The monoisotopic (exact) mass is 260 g/mol. The lowest BCUT2D eigenvalue weighted by Crippen LogP contribution is -2.15. The molecule has 0 fully saturated rings. The molecule has 2 nitrogen and oxygen atoms in total. The molecular formula is C12H14Cl2O2. The molecule has 0 aliphatic rings. The Kier molecular flexibility index (Phi) is 5.81. The van der Waals surface area contributed by atoms with E-state index in [4.69, 9.17) is 27.9 Å². The average Bonchev–Trinajstić information content (AvgIpc) is 2.30. The zero-order valence-corrected chi connectivity index (χ0v) is 10.4. The van der Waals surface area contributed by atoms with E-state index in [-0.39, 0.29) is 0 Å². The minimum absolute atomic E-state index is 0.411. The van der Waals surface area contributed by atoms with Crippen LogP contribution in [0.15, 0.2) is 30.3 Å². The minimum atomic E-state index is -1.27. The maximum absolute atomic E-state index is 10.4. The average molecular weight is 261 g/mol. The van der Waals surface area contributed by atoms with Gasteiger partial charge in [0.15, 0.2) is 10.6 Å². The molecule has 1 aromatic rings. The van der Waals surface area contributed by atoms with Crippen LogP contribution in [-0.2, 0) is 16.1 Å². The lowest BCUT2D eigenvalue weighted by molar-refractivity contribution is -0.108. The molecule has 0 amide bonds. The van der Waals surface area contributed by atoms with Crippen LogP contribution in [-0.4, -0.2) is 17.2 Å². The van der Waals surface area contributed by atoms with Crippen LogP contribution in [0.3, 0.4) is 0 Å². The van der Waals surface area contributed by atoms with Crippen LogP contribution in [0.25, 0.3) is 0 Å². The van der Waals surface area contributed by atoms with E-state index in [2.05, 4.69) is 0 Å². The highest BCUT2D eigenvalue weighted by atomic mass is 35.5. The van der Waals surface area contributed by atoms with Crippen molar-refractivity contribution < 1.29 is 9.53 Å². The van der Waals surface area contributed by atoms with Gasteiger partial charge in [-0.05, 0) is 18.4 Å². The Morgan fingerprint density at radius 3 is 2.56 bits per heavy atom. The van der Waals surface area contributed by atoms with E-state index in [1.54, 1.807) is 0 Å². The predicted octanol–water partition coefficient (Wildman–Crippen LogP) is 3.36. The molecule has 0 saturated heterocycles. The maximum Gasteiger partial charge on any atom is 0.173 e. The summed E-state index contributed by atoms with van der Waals surface area (Å²) in [6.45, 7) is 1.11. The normalized spacial score (nSPS) is 11.4. The van der Waals surface area contributed by atoms with Gasteiger partial charge in [0, 0.05) is 6.61 Å². The number of hydrogen-bond acceptors (Lipinski definition) is 2. The molecule has 0 N–H and O–H groups in total. The maximum atomic E-state index is 10.4. The van der Waals surface area contributed by atoms with E-state index in [0.29, 0.717) is 32.3 Å². The van der Waals surface area contributed by atoms with Gasteiger partial charge >= 0.3 is 0 Å². The molecule has 0 aliphatic heterocycles. The van der Waals surface area contributed by atoms with E-state index in [9.17, 15) is 4.79 Å². The van der Waals surface area contributed by atoms with Crippen molar-refractivity contribution in [2.24, 2.45) is 0 Å². The molecule has 0 bridgehead atoms. The van der Waals surface area contributed by atoms with E-state index in [0.717, 1.165) is 5.56 Å². The number of carbonyl (C=O) groups is 1. The molecular weight excluding hydrogens is 247 g/mol. The lowest BCUT2D eigenvalue weighted by atomic mass is 10.2. The second-order valence-corrected chi connectivity index (χ2v) is 5.06. The summed E-state index contributed by atoms with van der Waals surface area (Å²) in [5, 5.41) is 0. The SMILES string of the molecule is O=CC(Cl)(Cl)CCCOCc1ccccc1. The van der Waals surface area contributed by atoms with Crippen LogP contribution >= 0.6 is 23.2 Å². The van der Waals surface area contributed by atoms with Gasteiger partial charge < -0.3 is 9.53 Å². The molecule has 88 valence electrons. The van der Waals surface area contributed by atoms with Crippen molar-refractivity contribution in [3.8, 4) is 0 Å². The highest BCUT2D eigenvalue weighted by Crippen LogP contribution is 2.23. The summed E-state index contributed by atoms with van der Waals surface area (Å²) in [7, 11) is 0. The predicted molar refractivity (Wildman–Crippen MR) is 65.8 cm³/mol. The van der Waals surface area contributed by atoms with Crippen LogP contribution in [0.4, 0.5) is 0 Å². The highest BCUT2D eigenvalue weighted by Gasteiger charge is 2.21. The van der Waals surface area contributed by atoms with Gasteiger partial charge in [-0.3, -0.25) is 0 Å². The Bertz CT molecular complexity index is 312. The van der Waals surface area contributed by atoms with E-state index in [1.165, 1.54) is 0 Å².